The Morgan fingerprint density at radius 3 is 2.19 bits per heavy atom. The molecular weight excluding hydrogens is 333 g/mol. The predicted octanol–water partition coefficient (Wildman–Crippen LogP) is 2.59. The second-order valence-electron chi connectivity index (χ2n) is 4.59. The van der Waals surface area contributed by atoms with Crippen LogP contribution in [0.4, 0.5) is 5.69 Å². The summed E-state index contributed by atoms with van der Waals surface area (Å²) in [5.41, 5.74) is 5.89. The highest BCUT2D eigenvalue weighted by Crippen LogP contribution is 2.31. The molecule has 5 nitrogen and oxygen atoms in total. The van der Waals surface area contributed by atoms with E-state index in [2.05, 4.69) is 23.5 Å². The van der Waals surface area contributed by atoms with Gasteiger partial charge in [0, 0.05) is 12.2 Å². The summed E-state index contributed by atoms with van der Waals surface area (Å²) in [7, 11) is -3.74. The van der Waals surface area contributed by atoms with Gasteiger partial charge in [0.15, 0.2) is 0 Å². The standard InChI is InChI=1S/C13H21Cl2N3O2S/c1-3-18(4-2)7-5-6-17-21(19,20)13-11(14)8-10(16)9-12(13)15/h8-9,17H,3-7,16H2,1-2H3. The number of hydrogen-bond donors (Lipinski definition) is 2. The fourth-order valence-corrected chi connectivity index (χ4v) is 4.26. The summed E-state index contributed by atoms with van der Waals surface area (Å²) < 4.78 is 27.0. The van der Waals surface area contributed by atoms with Crippen molar-refractivity contribution in [3.8, 4) is 0 Å². The number of halogens is 2. The highest BCUT2D eigenvalue weighted by atomic mass is 35.5. The molecule has 21 heavy (non-hydrogen) atoms. The van der Waals surface area contributed by atoms with Crippen molar-refractivity contribution in [2.45, 2.75) is 25.2 Å². The SMILES string of the molecule is CCN(CC)CCCNS(=O)(=O)c1c(Cl)cc(N)cc1Cl. The van der Waals surface area contributed by atoms with Crippen LogP contribution in [0.15, 0.2) is 17.0 Å². The topological polar surface area (TPSA) is 75.4 Å². The maximum atomic E-state index is 12.2. The van der Waals surface area contributed by atoms with E-state index in [1.807, 2.05) is 0 Å². The molecule has 0 amide bonds. The summed E-state index contributed by atoms with van der Waals surface area (Å²) in [4.78, 5) is 2.10. The van der Waals surface area contributed by atoms with Crippen LogP contribution in [0.5, 0.6) is 0 Å². The van der Waals surface area contributed by atoms with E-state index in [0.29, 0.717) is 18.7 Å². The Hall–Kier alpha value is -0.530. The first-order valence-corrected chi connectivity index (χ1v) is 9.02. The second-order valence-corrected chi connectivity index (χ2v) is 7.11. The minimum atomic E-state index is -3.74. The van der Waals surface area contributed by atoms with Crippen molar-refractivity contribution in [2.24, 2.45) is 0 Å². The average Bonchev–Trinajstić information content (AvgIpc) is 2.37. The van der Waals surface area contributed by atoms with E-state index in [9.17, 15) is 8.42 Å². The summed E-state index contributed by atoms with van der Waals surface area (Å²) in [6.45, 7) is 7.19. The van der Waals surface area contributed by atoms with Gasteiger partial charge in [-0.1, -0.05) is 37.0 Å². The normalized spacial score (nSPS) is 12.0. The van der Waals surface area contributed by atoms with Crippen molar-refractivity contribution in [1.82, 2.24) is 9.62 Å². The van der Waals surface area contributed by atoms with Crippen LogP contribution in [-0.4, -0.2) is 39.5 Å². The van der Waals surface area contributed by atoms with Gasteiger partial charge in [0.2, 0.25) is 10.0 Å². The molecule has 1 rings (SSSR count). The van der Waals surface area contributed by atoms with Crippen molar-refractivity contribution in [1.29, 1.82) is 0 Å². The Morgan fingerprint density at radius 2 is 1.71 bits per heavy atom. The van der Waals surface area contributed by atoms with Crippen LogP contribution in [0.3, 0.4) is 0 Å². The van der Waals surface area contributed by atoms with Crippen molar-refractivity contribution in [3.05, 3.63) is 22.2 Å². The van der Waals surface area contributed by atoms with E-state index in [1.54, 1.807) is 0 Å². The van der Waals surface area contributed by atoms with Gasteiger partial charge in [-0.05, 0) is 38.2 Å². The fraction of sp³-hybridized carbons (Fsp3) is 0.538. The number of nitrogen functional groups attached to an aromatic ring is 1. The number of nitrogens with two attached hydrogens (primary N) is 1. The van der Waals surface area contributed by atoms with Crippen LogP contribution in [0.1, 0.15) is 20.3 Å². The molecule has 0 unspecified atom stereocenters. The lowest BCUT2D eigenvalue weighted by atomic mass is 10.3. The van der Waals surface area contributed by atoms with E-state index in [-0.39, 0.29) is 14.9 Å². The van der Waals surface area contributed by atoms with E-state index in [1.165, 1.54) is 12.1 Å². The lowest BCUT2D eigenvalue weighted by Gasteiger charge is -2.18. The van der Waals surface area contributed by atoms with Gasteiger partial charge in [-0.15, -0.1) is 0 Å². The molecule has 1 aromatic rings. The molecule has 1 aromatic carbocycles. The van der Waals surface area contributed by atoms with Gasteiger partial charge in [0.1, 0.15) is 4.90 Å². The Balaban J connectivity index is 2.71. The van der Waals surface area contributed by atoms with E-state index < -0.39 is 10.0 Å². The zero-order valence-electron chi connectivity index (χ0n) is 12.2. The number of benzene rings is 1. The van der Waals surface area contributed by atoms with Gasteiger partial charge < -0.3 is 10.6 Å². The van der Waals surface area contributed by atoms with Gasteiger partial charge in [-0.2, -0.15) is 0 Å². The lowest BCUT2D eigenvalue weighted by molar-refractivity contribution is 0.300. The molecule has 0 aliphatic rings. The number of nitrogens with one attached hydrogen (secondary N) is 1. The average molecular weight is 354 g/mol. The lowest BCUT2D eigenvalue weighted by Crippen LogP contribution is -2.30. The summed E-state index contributed by atoms with van der Waals surface area (Å²) in [5.74, 6) is 0. The minimum absolute atomic E-state index is 0.0243. The van der Waals surface area contributed by atoms with E-state index in [4.69, 9.17) is 28.9 Å². The first kappa shape index (κ1) is 18.5. The molecule has 0 atom stereocenters. The van der Waals surface area contributed by atoms with E-state index >= 15 is 0 Å². The number of rotatable bonds is 8. The first-order chi connectivity index (χ1) is 9.81. The number of sulfonamides is 1. The molecule has 0 spiro atoms. The number of hydrogen-bond acceptors (Lipinski definition) is 4. The second kappa shape index (κ2) is 8.19. The smallest absolute Gasteiger partial charge is 0.243 e. The third-order valence-corrected chi connectivity index (χ3v) is 5.51. The van der Waals surface area contributed by atoms with Crippen molar-refractivity contribution >= 4 is 38.9 Å². The van der Waals surface area contributed by atoms with Crippen molar-refractivity contribution in [2.75, 3.05) is 31.9 Å². The first-order valence-electron chi connectivity index (χ1n) is 6.78. The van der Waals surface area contributed by atoms with Gasteiger partial charge in [-0.25, -0.2) is 13.1 Å². The molecule has 0 saturated heterocycles. The Kier molecular flexibility index (Phi) is 7.23. The van der Waals surface area contributed by atoms with Crippen LogP contribution in [-0.2, 0) is 10.0 Å². The van der Waals surface area contributed by atoms with Crippen LogP contribution >= 0.6 is 23.2 Å². The Morgan fingerprint density at radius 1 is 1.19 bits per heavy atom. The van der Waals surface area contributed by atoms with Crippen LogP contribution in [0.25, 0.3) is 0 Å². The van der Waals surface area contributed by atoms with Crippen LogP contribution in [0, 0.1) is 0 Å². The quantitative estimate of drug-likeness (QED) is 0.556. The Bertz CT molecular complexity index is 552. The molecule has 0 radical (unpaired) electrons. The van der Waals surface area contributed by atoms with E-state index in [0.717, 1.165) is 19.6 Å². The number of anilines is 1. The summed E-state index contributed by atoms with van der Waals surface area (Å²) in [6, 6.07) is 2.75. The molecule has 120 valence electrons. The largest absolute Gasteiger partial charge is 0.399 e. The highest BCUT2D eigenvalue weighted by molar-refractivity contribution is 7.89. The molecule has 0 aliphatic heterocycles. The fourth-order valence-electron chi connectivity index (χ4n) is 1.96. The number of nitrogens with zero attached hydrogens (tertiary/aromatic N) is 1. The Labute approximate surface area is 136 Å². The molecule has 0 aliphatic carbocycles. The van der Waals surface area contributed by atoms with Gasteiger partial charge in [0.25, 0.3) is 0 Å². The molecule has 0 saturated carbocycles. The molecule has 0 fully saturated rings. The molecule has 0 bridgehead atoms. The molecule has 3 N–H and O–H groups in total. The maximum absolute atomic E-state index is 12.2. The zero-order valence-corrected chi connectivity index (χ0v) is 14.5. The summed E-state index contributed by atoms with van der Waals surface area (Å²) in [6.07, 6.45) is 0.713. The summed E-state index contributed by atoms with van der Waals surface area (Å²) in [5, 5.41) is 0.0486. The highest BCUT2D eigenvalue weighted by Gasteiger charge is 2.21. The van der Waals surface area contributed by atoms with Gasteiger partial charge >= 0.3 is 0 Å². The van der Waals surface area contributed by atoms with Gasteiger partial charge in [-0.3, -0.25) is 0 Å². The van der Waals surface area contributed by atoms with Crippen molar-refractivity contribution < 1.29 is 8.42 Å². The minimum Gasteiger partial charge on any atom is -0.399 e. The molecule has 0 heterocycles. The monoisotopic (exact) mass is 353 g/mol. The van der Waals surface area contributed by atoms with Gasteiger partial charge in [0.05, 0.1) is 10.0 Å². The van der Waals surface area contributed by atoms with Crippen molar-refractivity contribution in [3.63, 3.8) is 0 Å². The third kappa shape index (κ3) is 5.30. The van der Waals surface area contributed by atoms with Crippen LogP contribution < -0.4 is 10.5 Å². The summed E-state index contributed by atoms with van der Waals surface area (Å²) >= 11 is 11.9. The zero-order chi connectivity index (χ0) is 16.0. The molecular formula is C13H21Cl2N3O2S. The molecule has 0 aromatic heterocycles. The third-order valence-electron chi connectivity index (χ3n) is 3.13. The molecule has 8 heteroatoms. The van der Waals surface area contributed by atoms with Crippen LogP contribution in [0.2, 0.25) is 10.0 Å². The predicted molar refractivity (Wildman–Crippen MR) is 88.5 cm³/mol. The maximum Gasteiger partial charge on any atom is 0.243 e.